The Labute approximate surface area is 138 Å². The van der Waals surface area contributed by atoms with Crippen LogP contribution >= 0.6 is 11.3 Å². The summed E-state index contributed by atoms with van der Waals surface area (Å²) in [5.74, 6) is 1.76. The van der Waals surface area contributed by atoms with Gasteiger partial charge in [-0.15, -0.1) is 11.3 Å². The Morgan fingerprint density at radius 1 is 1.22 bits per heavy atom. The maximum absolute atomic E-state index is 12.1. The molecule has 2 aromatic rings. The van der Waals surface area contributed by atoms with Gasteiger partial charge in [0.05, 0.1) is 19.1 Å². The molecule has 0 saturated heterocycles. The van der Waals surface area contributed by atoms with Gasteiger partial charge in [-0.1, -0.05) is 6.07 Å². The van der Waals surface area contributed by atoms with E-state index in [2.05, 4.69) is 10.3 Å². The van der Waals surface area contributed by atoms with Crippen LogP contribution in [0.2, 0.25) is 0 Å². The van der Waals surface area contributed by atoms with E-state index in [1.54, 1.807) is 20.3 Å². The highest BCUT2D eigenvalue weighted by molar-refractivity contribution is 7.12. The average Bonchev–Trinajstić information content (AvgIpc) is 3.19. The lowest BCUT2D eigenvalue weighted by molar-refractivity contribution is -0.115. The van der Waals surface area contributed by atoms with Crippen LogP contribution < -0.4 is 14.8 Å². The number of carbonyl (C=O) groups is 1. The quantitative estimate of drug-likeness (QED) is 0.878. The SMILES string of the molecule is COc1cc(/C=C2/N=C(c3cccs3)NC2=O)c(OC)cc1C. The Bertz CT molecular complexity index is 807. The summed E-state index contributed by atoms with van der Waals surface area (Å²) in [7, 11) is 3.21. The van der Waals surface area contributed by atoms with E-state index in [1.165, 1.54) is 11.3 Å². The number of amidine groups is 1. The Morgan fingerprint density at radius 2 is 2.00 bits per heavy atom. The third-order valence-corrected chi connectivity index (χ3v) is 4.37. The molecule has 1 aliphatic rings. The van der Waals surface area contributed by atoms with E-state index in [4.69, 9.17) is 9.47 Å². The van der Waals surface area contributed by atoms with Gasteiger partial charge in [0.2, 0.25) is 0 Å². The van der Waals surface area contributed by atoms with Gasteiger partial charge in [-0.05, 0) is 42.1 Å². The van der Waals surface area contributed by atoms with Gasteiger partial charge in [0.15, 0.2) is 5.84 Å². The van der Waals surface area contributed by atoms with Crippen molar-refractivity contribution in [2.45, 2.75) is 6.92 Å². The molecule has 0 bridgehead atoms. The number of nitrogens with zero attached hydrogens (tertiary/aromatic N) is 1. The van der Waals surface area contributed by atoms with Crippen LogP contribution in [0.15, 0.2) is 40.3 Å². The summed E-state index contributed by atoms with van der Waals surface area (Å²) in [6.07, 6.45) is 1.71. The minimum absolute atomic E-state index is 0.227. The molecule has 0 radical (unpaired) electrons. The predicted molar refractivity (Wildman–Crippen MR) is 91.3 cm³/mol. The summed E-state index contributed by atoms with van der Waals surface area (Å²) < 4.78 is 10.7. The molecule has 23 heavy (non-hydrogen) atoms. The fourth-order valence-electron chi connectivity index (χ4n) is 2.33. The molecule has 0 fully saturated rings. The second-order valence-corrected chi connectivity index (χ2v) is 5.93. The van der Waals surface area contributed by atoms with Crippen LogP contribution in [0.3, 0.4) is 0 Å². The van der Waals surface area contributed by atoms with Crippen molar-refractivity contribution in [1.29, 1.82) is 0 Å². The Morgan fingerprint density at radius 3 is 2.65 bits per heavy atom. The highest BCUT2D eigenvalue weighted by atomic mass is 32.1. The number of amides is 1. The molecule has 1 amide bonds. The van der Waals surface area contributed by atoms with Gasteiger partial charge < -0.3 is 14.8 Å². The Balaban J connectivity index is 2.02. The summed E-state index contributed by atoms with van der Waals surface area (Å²) in [4.78, 5) is 17.5. The van der Waals surface area contributed by atoms with E-state index < -0.39 is 0 Å². The molecule has 1 N–H and O–H groups in total. The van der Waals surface area contributed by atoms with Crippen molar-refractivity contribution in [3.05, 3.63) is 51.3 Å². The summed E-state index contributed by atoms with van der Waals surface area (Å²) in [5.41, 5.74) is 2.05. The van der Waals surface area contributed by atoms with Crippen LogP contribution in [-0.4, -0.2) is 26.0 Å². The van der Waals surface area contributed by atoms with Gasteiger partial charge in [0.1, 0.15) is 17.2 Å². The molecule has 6 heteroatoms. The zero-order chi connectivity index (χ0) is 16.4. The molecule has 3 rings (SSSR count). The number of ether oxygens (including phenoxy) is 2. The van der Waals surface area contributed by atoms with Crippen molar-refractivity contribution in [3.63, 3.8) is 0 Å². The molecule has 0 aliphatic carbocycles. The maximum atomic E-state index is 12.1. The van der Waals surface area contributed by atoms with Gasteiger partial charge in [0, 0.05) is 5.56 Å². The average molecular weight is 328 g/mol. The normalized spacial score (nSPS) is 15.5. The first-order valence-corrected chi connectivity index (χ1v) is 7.88. The first-order valence-electron chi connectivity index (χ1n) is 7.00. The monoisotopic (exact) mass is 328 g/mol. The van der Waals surface area contributed by atoms with Crippen LogP contribution in [0.25, 0.3) is 6.08 Å². The van der Waals surface area contributed by atoms with Crippen molar-refractivity contribution in [1.82, 2.24) is 5.32 Å². The number of nitrogens with one attached hydrogen (secondary N) is 1. The number of aliphatic imine (C=N–C) groups is 1. The molecule has 2 heterocycles. The molecule has 0 atom stereocenters. The number of benzene rings is 1. The molecule has 1 aromatic carbocycles. The number of thiophene rings is 1. The van der Waals surface area contributed by atoms with E-state index in [0.717, 1.165) is 21.8 Å². The summed E-state index contributed by atoms with van der Waals surface area (Å²) in [6.45, 7) is 1.94. The molecule has 1 aromatic heterocycles. The molecule has 0 saturated carbocycles. The molecule has 1 aliphatic heterocycles. The minimum Gasteiger partial charge on any atom is -0.496 e. The number of methoxy groups -OCH3 is 2. The lowest BCUT2D eigenvalue weighted by Gasteiger charge is -2.10. The molecule has 0 spiro atoms. The molecular weight excluding hydrogens is 312 g/mol. The topological polar surface area (TPSA) is 59.9 Å². The maximum Gasteiger partial charge on any atom is 0.275 e. The van der Waals surface area contributed by atoms with Gasteiger partial charge in [-0.2, -0.15) is 0 Å². The van der Waals surface area contributed by atoms with Crippen molar-refractivity contribution < 1.29 is 14.3 Å². The Kier molecular flexibility index (Phi) is 4.16. The van der Waals surface area contributed by atoms with Crippen molar-refractivity contribution in [3.8, 4) is 11.5 Å². The number of carbonyl (C=O) groups excluding carboxylic acids is 1. The zero-order valence-electron chi connectivity index (χ0n) is 13.0. The molecule has 5 nitrogen and oxygen atoms in total. The summed E-state index contributed by atoms with van der Waals surface area (Å²) in [6, 6.07) is 7.56. The number of aryl methyl sites for hydroxylation is 1. The summed E-state index contributed by atoms with van der Waals surface area (Å²) >= 11 is 1.53. The number of rotatable bonds is 4. The first kappa shape index (κ1) is 15.3. The second kappa shape index (κ2) is 6.26. The highest BCUT2D eigenvalue weighted by Crippen LogP contribution is 2.30. The van der Waals surface area contributed by atoms with E-state index in [9.17, 15) is 4.79 Å². The standard InChI is InChI=1S/C17H16N2O3S/c1-10-7-14(22-3)11(9-13(10)21-2)8-12-17(20)19-16(18-12)15-5-4-6-23-15/h4-9H,1-3H3,(H,18,19,20)/b12-8+. The third-order valence-electron chi connectivity index (χ3n) is 3.49. The van der Waals surface area contributed by atoms with E-state index in [-0.39, 0.29) is 5.91 Å². The van der Waals surface area contributed by atoms with Crippen molar-refractivity contribution >= 4 is 29.2 Å². The van der Waals surface area contributed by atoms with Crippen LogP contribution in [0.5, 0.6) is 11.5 Å². The van der Waals surface area contributed by atoms with Crippen LogP contribution in [0, 0.1) is 6.92 Å². The van der Waals surface area contributed by atoms with Crippen molar-refractivity contribution in [2.75, 3.05) is 14.2 Å². The third kappa shape index (κ3) is 2.98. The smallest absolute Gasteiger partial charge is 0.275 e. The van der Waals surface area contributed by atoms with Gasteiger partial charge >= 0.3 is 0 Å². The van der Waals surface area contributed by atoms with Crippen LogP contribution in [0.4, 0.5) is 0 Å². The zero-order valence-corrected chi connectivity index (χ0v) is 13.9. The van der Waals surface area contributed by atoms with E-state index in [1.807, 2.05) is 36.6 Å². The largest absolute Gasteiger partial charge is 0.496 e. The molecular formula is C17H16N2O3S. The van der Waals surface area contributed by atoms with Crippen LogP contribution in [0.1, 0.15) is 16.0 Å². The van der Waals surface area contributed by atoms with Gasteiger partial charge in [-0.3, -0.25) is 4.79 Å². The number of hydrogen-bond donors (Lipinski definition) is 1. The van der Waals surface area contributed by atoms with E-state index >= 15 is 0 Å². The van der Waals surface area contributed by atoms with Crippen LogP contribution in [-0.2, 0) is 4.79 Å². The van der Waals surface area contributed by atoms with Gasteiger partial charge in [0.25, 0.3) is 5.91 Å². The molecule has 118 valence electrons. The fourth-order valence-corrected chi connectivity index (χ4v) is 3.00. The fraction of sp³-hybridized carbons (Fsp3) is 0.176. The predicted octanol–water partition coefficient (Wildman–Crippen LogP) is 2.99. The van der Waals surface area contributed by atoms with Gasteiger partial charge in [-0.25, -0.2) is 4.99 Å². The minimum atomic E-state index is -0.227. The lowest BCUT2D eigenvalue weighted by Crippen LogP contribution is -2.23. The van der Waals surface area contributed by atoms with Crippen molar-refractivity contribution in [2.24, 2.45) is 4.99 Å². The lowest BCUT2D eigenvalue weighted by atomic mass is 10.1. The second-order valence-electron chi connectivity index (χ2n) is 4.99. The Hall–Kier alpha value is -2.60. The molecule has 0 unspecified atom stereocenters. The van der Waals surface area contributed by atoms with E-state index in [0.29, 0.717) is 17.3 Å². The first-order chi connectivity index (χ1) is 11.1. The summed E-state index contributed by atoms with van der Waals surface area (Å²) in [5, 5.41) is 4.73. The number of hydrogen-bond acceptors (Lipinski definition) is 5. The highest BCUT2D eigenvalue weighted by Gasteiger charge is 2.22.